The Labute approximate surface area is 286 Å². The molecule has 0 saturated carbocycles. The number of rotatable bonds is 5. The number of pyridine rings is 1. The van der Waals surface area contributed by atoms with Gasteiger partial charge in [-0.2, -0.15) is 0 Å². The van der Waals surface area contributed by atoms with Gasteiger partial charge >= 0.3 is 0 Å². The van der Waals surface area contributed by atoms with Crippen LogP contribution in [0.4, 0.5) is 0 Å². The number of aromatic nitrogens is 4. The van der Waals surface area contributed by atoms with Gasteiger partial charge in [0.05, 0.1) is 11.9 Å². The van der Waals surface area contributed by atoms with Gasteiger partial charge in [0.2, 0.25) is 0 Å². The summed E-state index contributed by atoms with van der Waals surface area (Å²) in [6, 6.07) is 51.2. The van der Waals surface area contributed by atoms with Crippen LogP contribution in [0.2, 0.25) is 0 Å². The molecular weight excluding hydrogens is 617 g/mol. The molecule has 4 aromatic heterocycles. The second kappa shape index (κ2) is 11.4. The van der Waals surface area contributed by atoms with Crippen molar-refractivity contribution < 1.29 is 8.83 Å². The molecular formula is C44H26N4O2. The Balaban J connectivity index is 1.01. The summed E-state index contributed by atoms with van der Waals surface area (Å²) in [6.07, 6.45) is 1.80. The molecule has 0 aliphatic heterocycles. The summed E-state index contributed by atoms with van der Waals surface area (Å²) in [5, 5.41) is 4.35. The maximum absolute atomic E-state index is 6.04. The highest BCUT2D eigenvalue weighted by Gasteiger charge is 2.15. The number of para-hydroxylation sites is 2. The van der Waals surface area contributed by atoms with E-state index in [-0.39, 0.29) is 0 Å². The van der Waals surface area contributed by atoms with Gasteiger partial charge in [0.1, 0.15) is 16.7 Å². The van der Waals surface area contributed by atoms with Crippen molar-refractivity contribution in [2.75, 3.05) is 0 Å². The average molecular weight is 643 g/mol. The highest BCUT2D eigenvalue weighted by atomic mass is 16.3. The number of hydrogen-bond acceptors (Lipinski definition) is 6. The predicted molar refractivity (Wildman–Crippen MR) is 199 cm³/mol. The Morgan fingerprint density at radius 2 is 0.780 bits per heavy atom. The Bertz CT molecular complexity index is 2680. The van der Waals surface area contributed by atoms with Crippen molar-refractivity contribution in [1.29, 1.82) is 0 Å². The van der Waals surface area contributed by atoms with E-state index >= 15 is 0 Å². The van der Waals surface area contributed by atoms with Crippen LogP contribution in [0, 0.1) is 0 Å². The second-order valence-corrected chi connectivity index (χ2v) is 12.3. The lowest BCUT2D eigenvalue weighted by molar-refractivity contribution is 0.667. The van der Waals surface area contributed by atoms with Crippen molar-refractivity contribution in [3.8, 4) is 56.5 Å². The molecule has 6 nitrogen and oxygen atoms in total. The molecule has 10 rings (SSSR count). The van der Waals surface area contributed by atoms with Crippen molar-refractivity contribution in [3.63, 3.8) is 0 Å². The Kier molecular flexibility index (Phi) is 6.39. The van der Waals surface area contributed by atoms with E-state index in [4.69, 9.17) is 28.8 Å². The number of hydrogen-bond donors (Lipinski definition) is 0. The van der Waals surface area contributed by atoms with Crippen LogP contribution in [0.3, 0.4) is 0 Å². The largest absolute Gasteiger partial charge is 0.456 e. The van der Waals surface area contributed by atoms with Gasteiger partial charge in [0, 0.05) is 43.8 Å². The van der Waals surface area contributed by atoms with E-state index in [1.165, 1.54) is 0 Å². The summed E-state index contributed by atoms with van der Waals surface area (Å²) < 4.78 is 12.0. The fourth-order valence-electron chi connectivity index (χ4n) is 6.65. The summed E-state index contributed by atoms with van der Waals surface area (Å²) in [6.45, 7) is 0. The molecule has 0 fully saturated rings. The first-order valence-electron chi connectivity index (χ1n) is 16.5. The van der Waals surface area contributed by atoms with Crippen molar-refractivity contribution in [1.82, 2.24) is 19.9 Å². The normalized spacial score (nSPS) is 11.6. The van der Waals surface area contributed by atoms with Crippen LogP contribution in [0.5, 0.6) is 0 Å². The second-order valence-electron chi connectivity index (χ2n) is 12.3. The van der Waals surface area contributed by atoms with E-state index in [0.717, 1.165) is 83.0 Å². The number of nitrogens with zero attached hydrogens (tertiary/aromatic N) is 4. The monoisotopic (exact) mass is 642 g/mol. The molecule has 0 spiro atoms. The Morgan fingerprint density at radius 3 is 1.42 bits per heavy atom. The van der Waals surface area contributed by atoms with Gasteiger partial charge in [-0.25, -0.2) is 15.0 Å². The third-order valence-corrected chi connectivity index (χ3v) is 9.22. The molecule has 50 heavy (non-hydrogen) atoms. The third kappa shape index (κ3) is 4.81. The standard InChI is InChI=1S/C44H26N4O2/c1-2-8-29(9-3-1)42-46-43(30-18-14-27(15-19-30)32-22-23-40-35(24-32)33-10-4-6-12-38(33)49-40)48-44(47-42)31-20-16-28(17-21-31)37-25-36-34-11-5-7-13-39(34)50-41(36)26-45-37/h1-26H. The van der Waals surface area contributed by atoms with Crippen LogP contribution in [-0.2, 0) is 0 Å². The smallest absolute Gasteiger partial charge is 0.164 e. The molecule has 0 atom stereocenters. The van der Waals surface area contributed by atoms with E-state index in [1.54, 1.807) is 6.20 Å². The predicted octanol–water partition coefficient (Wildman–Crippen LogP) is 11.4. The maximum Gasteiger partial charge on any atom is 0.164 e. The van der Waals surface area contributed by atoms with E-state index in [1.807, 2.05) is 84.9 Å². The minimum atomic E-state index is 0.603. The molecule has 10 aromatic rings. The Morgan fingerprint density at radius 1 is 0.320 bits per heavy atom. The van der Waals surface area contributed by atoms with Crippen molar-refractivity contribution in [2.45, 2.75) is 0 Å². The van der Waals surface area contributed by atoms with Crippen molar-refractivity contribution in [3.05, 3.63) is 158 Å². The van der Waals surface area contributed by atoms with Crippen LogP contribution in [0.1, 0.15) is 0 Å². The summed E-state index contributed by atoms with van der Waals surface area (Å²) in [5.74, 6) is 1.83. The fourth-order valence-corrected chi connectivity index (χ4v) is 6.65. The zero-order valence-corrected chi connectivity index (χ0v) is 26.6. The molecule has 6 heteroatoms. The van der Waals surface area contributed by atoms with Crippen LogP contribution in [0.15, 0.2) is 167 Å². The minimum absolute atomic E-state index is 0.603. The van der Waals surface area contributed by atoms with Crippen LogP contribution in [0.25, 0.3) is 100 Å². The van der Waals surface area contributed by atoms with E-state index in [2.05, 4.69) is 66.7 Å². The number of benzene rings is 6. The minimum Gasteiger partial charge on any atom is -0.456 e. The molecule has 0 saturated heterocycles. The van der Waals surface area contributed by atoms with E-state index in [0.29, 0.717) is 17.5 Å². The molecule has 0 radical (unpaired) electrons. The molecule has 0 amide bonds. The first kappa shape index (κ1) is 28.1. The zero-order valence-electron chi connectivity index (χ0n) is 26.6. The molecule has 0 unspecified atom stereocenters. The zero-order chi connectivity index (χ0) is 33.0. The van der Waals surface area contributed by atoms with Gasteiger partial charge < -0.3 is 8.83 Å². The first-order valence-corrected chi connectivity index (χ1v) is 16.5. The molecule has 234 valence electrons. The molecule has 6 aromatic carbocycles. The number of furan rings is 2. The SMILES string of the molecule is c1ccc(-c2nc(-c3ccc(-c4ccc5oc6ccccc6c5c4)cc3)nc(-c3ccc(-c4cc5c(cn4)oc4ccccc45)cc3)n2)cc1. The van der Waals surface area contributed by atoms with Gasteiger partial charge in [-0.1, -0.05) is 121 Å². The maximum atomic E-state index is 6.04. The lowest BCUT2D eigenvalue weighted by Gasteiger charge is -2.10. The highest BCUT2D eigenvalue weighted by Crippen LogP contribution is 2.34. The molecule has 4 heterocycles. The third-order valence-electron chi connectivity index (χ3n) is 9.22. The summed E-state index contributed by atoms with van der Waals surface area (Å²) >= 11 is 0. The van der Waals surface area contributed by atoms with E-state index < -0.39 is 0 Å². The van der Waals surface area contributed by atoms with Crippen LogP contribution >= 0.6 is 0 Å². The van der Waals surface area contributed by atoms with Gasteiger partial charge in [-0.05, 0) is 41.5 Å². The first-order chi connectivity index (χ1) is 24.7. The van der Waals surface area contributed by atoms with Gasteiger partial charge in [0.15, 0.2) is 23.1 Å². The number of fused-ring (bicyclic) bond motifs is 6. The summed E-state index contributed by atoms with van der Waals surface area (Å²) in [4.78, 5) is 19.5. The van der Waals surface area contributed by atoms with Crippen molar-refractivity contribution >= 4 is 43.9 Å². The quantitative estimate of drug-likeness (QED) is 0.186. The Hall–Kier alpha value is -6.92. The molecule has 0 N–H and O–H groups in total. The summed E-state index contributed by atoms with van der Waals surface area (Å²) in [5.41, 5.74) is 10.2. The van der Waals surface area contributed by atoms with E-state index in [9.17, 15) is 0 Å². The molecule has 0 bridgehead atoms. The van der Waals surface area contributed by atoms with Gasteiger partial charge in [-0.15, -0.1) is 0 Å². The van der Waals surface area contributed by atoms with Crippen LogP contribution < -0.4 is 0 Å². The lowest BCUT2D eigenvalue weighted by atomic mass is 10.0. The molecule has 0 aliphatic carbocycles. The van der Waals surface area contributed by atoms with Crippen LogP contribution in [-0.4, -0.2) is 19.9 Å². The summed E-state index contributed by atoms with van der Waals surface area (Å²) in [7, 11) is 0. The fraction of sp³-hybridized carbons (Fsp3) is 0. The van der Waals surface area contributed by atoms with Gasteiger partial charge in [-0.3, -0.25) is 4.98 Å². The lowest BCUT2D eigenvalue weighted by Crippen LogP contribution is -2.00. The topological polar surface area (TPSA) is 77.8 Å². The van der Waals surface area contributed by atoms with Gasteiger partial charge in [0.25, 0.3) is 0 Å². The molecule has 0 aliphatic rings. The average Bonchev–Trinajstić information content (AvgIpc) is 3.76. The van der Waals surface area contributed by atoms with Crippen molar-refractivity contribution in [2.24, 2.45) is 0 Å². The highest BCUT2D eigenvalue weighted by molar-refractivity contribution is 6.07.